The van der Waals surface area contributed by atoms with Crippen molar-refractivity contribution < 1.29 is 24.4 Å². The van der Waals surface area contributed by atoms with Gasteiger partial charge in [0.15, 0.2) is 0 Å². The number of hydrogen-bond acceptors (Lipinski definition) is 9. The maximum absolute atomic E-state index is 10.1. The summed E-state index contributed by atoms with van der Waals surface area (Å²) in [4.78, 5) is 34.8. The lowest BCUT2D eigenvalue weighted by Gasteiger charge is -2.16. The standard InChI is InChI=1S/C4H4N4O9/c9-5(10)3(6(11)12)1-17-2-4(7(13)14)8(15)16/h1-2H2/q-2. The van der Waals surface area contributed by atoms with Crippen molar-refractivity contribution in [3.63, 3.8) is 0 Å². The first-order valence-corrected chi connectivity index (χ1v) is 3.64. The zero-order valence-corrected chi connectivity index (χ0v) is 7.88. The van der Waals surface area contributed by atoms with Gasteiger partial charge in [-0.25, -0.2) is 0 Å². The summed E-state index contributed by atoms with van der Waals surface area (Å²) in [5, 5.41) is 40.2. The van der Waals surface area contributed by atoms with Crippen molar-refractivity contribution in [3.8, 4) is 0 Å². The summed E-state index contributed by atoms with van der Waals surface area (Å²) in [5.41, 5.74) is 0. The molecule has 0 rings (SSSR count). The summed E-state index contributed by atoms with van der Waals surface area (Å²) in [6.07, 6.45) is -2.95. The van der Waals surface area contributed by atoms with Gasteiger partial charge in [-0.1, -0.05) is 0 Å². The fraction of sp³-hybridized carbons (Fsp3) is 0.500. The van der Waals surface area contributed by atoms with E-state index < -0.39 is 45.2 Å². The Kier molecular flexibility index (Phi) is 5.05. The monoisotopic (exact) mass is 252 g/mol. The third kappa shape index (κ3) is 4.56. The Morgan fingerprint density at radius 2 is 0.941 bits per heavy atom. The summed E-state index contributed by atoms with van der Waals surface area (Å²) in [6, 6.07) is 0. The molecule has 13 nitrogen and oxygen atoms in total. The molecule has 0 aromatic heterocycles. The van der Waals surface area contributed by atoms with Crippen molar-refractivity contribution in [1.29, 1.82) is 0 Å². The molecule has 0 aromatic rings. The number of nitrogens with zero attached hydrogens (tertiary/aromatic N) is 4. The second kappa shape index (κ2) is 6.01. The summed E-state index contributed by atoms with van der Waals surface area (Å²) in [5.74, 6) is 0. The van der Waals surface area contributed by atoms with Gasteiger partial charge in [0.25, 0.3) is 12.3 Å². The van der Waals surface area contributed by atoms with E-state index >= 15 is 0 Å². The van der Waals surface area contributed by atoms with Crippen LogP contribution in [0.3, 0.4) is 0 Å². The first-order chi connectivity index (χ1) is 7.77. The fourth-order valence-electron chi connectivity index (χ4n) is 0.578. The van der Waals surface area contributed by atoms with E-state index in [4.69, 9.17) is 0 Å². The number of ether oxygens (including phenoxy) is 1. The van der Waals surface area contributed by atoms with Crippen molar-refractivity contribution in [2.75, 3.05) is 13.2 Å². The maximum Gasteiger partial charge on any atom is 0.288 e. The first kappa shape index (κ1) is 14.3. The van der Waals surface area contributed by atoms with Gasteiger partial charge >= 0.3 is 0 Å². The van der Waals surface area contributed by atoms with E-state index in [1.54, 1.807) is 0 Å². The Balaban J connectivity index is 4.29. The van der Waals surface area contributed by atoms with Crippen LogP contribution in [0.1, 0.15) is 0 Å². The van der Waals surface area contributed by atoms with Crippen molar-refractivity contribution in [1.82, 2.24) is 0 Å². The van der Waals surface area contributed by atoms with Crippen LogP contribution in [0.25, 0.3) is 0 Å². The molecule has 0 unspecified atom stereocenters. The molecule has 0 fully saturated rings. The minimum Gasteiger partial charge on any atom is -0.415 e. The molecule has 0 radical (unpaired) electrons. The number of nitro groups is 4. The highest BCUT2D eigenvalue weighted by Crippen LogP contribution is 2.06. The van der Waals surface area contributed by atoms with Crippen molar-refractivity contribution in [2.24, 2.45) is 0 Å². The normalized spacial score (nSPS) is 9.41. The minimum absolute atomic E-state index is 1.19. The number of rotatable bonds is 8. The molecular formula is C4H4N4O9-2. The molecule has 0 spiro atoms. The van der Waals surface area contributed by atoms with Crippen LogP contribution in [-0.4, -0.2) is 32.9 Å². The van der Waals surface area contributed by atoms with Gasteiger partial charge in [-0.2, -0.15) is 0 Å². The van der Waals surface area contributed by atoms with Crippen molar-refractivity contribution in [2.45, 2.75) is 0 Å². The van der Waals surface area contributed by atoms with Crippen molar-refractivity contribution >= 4 is 0 Å². The average molecular weight is 252 g/mol. The number of hydrogen-bond donors (Lipinski definition) is 0. The average Bonchev–Trinajstić information content (AvgIpc) is 2.14. The summed E-state index contributed by atoms with van der Waals surface area (Å²) in [7, 11) is 0. The van der Waals surface area contributed by atoms with Crippen LogP contribution in [0.15, 0.2) is 0 Å². The molecule has 96 valence electrons. The molecule has 0 aliphatic heterocycles. The van der Waals surface area contributed by atoms with Gasteiger partial charge in [0.2, 0.25) is 0 Å². The minimum atomic E-state index is -1.48. The Morgan fingerprint density at radius 1 is 0.706 bits per heavy atom. The highest BCUT2D eigenvalue weighted by molar-refractivity contribution is 4.64. The largest absolute Gasteiger partial charge is 0.415 e. The molecule has 13 heteroatoms. The van der Waals surface area contributed by atoms with E-state index in [2.05, 4.69) is 4.74 Å². The Morgan fingerprint density at radius 3 is 1.12 bits per heavy atom. The van der Waals surface area contributed by atoms with E-state index in [1.807, 2.05) is 0 Å². The lowest BCUT2D eigenvalue weighted by Crippen LogP contribution is -2.29. The van der Waals surface area contributed by atoms with Crippen LogP contribution in [0, 0.1) is 52.8 Å². The molecule has 0 saturated heterocycles. The highest BCUT2D eigenvalue weighted by Gasteiger charge is 2.23. The second-order valence-corrected chi connectivity index (χ2v) is 2.35. The molecule has 0 bridgehead atoms. The van der Waals surface area contributed by atoms with Crippen LogP contribution in [0.5, 0.6) is 0 Å². The molecule has 0 saturated carbocycles. The lowest BCUT2D eigenvalue weighted by molar-refractivity contribution is -0.682. The third-order valence-electron chi connectivity index (χ3n) is 1.31. The predicted octanol–water partition coefficient (Wildman–Crippen LogP) is -0.911. The topological polar surface area (TPSA) is 182 Å². The first-order valence-electron chi connectivity index (χ1n) is 3.64. The van der Waals surface area contributed by atoms with E-state index in [-0.39, 0.29) is 0 Å². The molecular weight excluding hydrogens is 248 g/mol. The van der Waals surface area contributed by atoms with Crippen LogP contribution in [-0.2, 0) is 4.74 Å². The molecule has 0 amide bonds. The smallest absolute Gasteiger partial charge is 0.288 e. The summed E-state index contributed by atoms with van der Waals surface area (Å²) < 4.78 is 4.16. The molecule has 0 N–H and O–H groups in total. The molecule has 0 aromatic carbocycles. The summed E-state index contributed by atoms with van der Waals surface area (Å²) >= 11 is 0. The molecule has 0 aliphatic carbocycles. The second-order valence-electron chi connectivity index (χ2n) is 2.35. The van der Waals surface area contributed by atoms with Crippen LogP contribution < -0.4 is 0 Å². The third-order valence-corrected chi connectivity index (χ3v) is 1.31. The molecule has 0 heterocycles. The maximum atomic E-state index is 10.1. The van der Waals surface area contributed by atoms with Gasteiger partial charge in [0.1, 0.15) is 0 Å². The quantitative estimate of drug-likeness (QED) is 0.299. The van der Waals surface area contributed by atoms with Crippen LogP contribution >= 0.6 is 0 Å². The SMILES string of the molecule is O=[N+]([O-])[C-](COC[C-]([N+](=O)[O-])[N+](=O)[O-])[N+](=O)[O-]. The zero-order chi connectivity index (χ0) is 13.6. The zero-order valence-electron chi connectivity index (χ0n) is 7.88. The van der Waals surface area contributed by atoms with Gasteiger partial charge in [-0.05, 0) is 19.7 Å². The van der Waals surface area contributed by atoms with Gasteiger partial charge in [0, 0.05) is 0 Å². The summed E-state index contributed by atoms with van der Waals surface area (Å²) in [6.45, 7) is -2.38. The lowest BCUT2D eigenvalue weighted by atomic mass is 10.5. The van der Waals surface area contributed by atoms with Gasteiger partial charge < -0.3 is 4.74 Å². The highest BCUT2D eigenvalue weighted by atomic mass is 16.7. The van der Waals surface area contributed by atoms with Crippen LogP contribution in [0.2, 0.25) is 0 Å². The van der Waals surface area contributed by atoms with Gasteiger partial charge in [0.05, 0.1) is 13.2 Å². The van der Waals surface area contributed by atoms with Gasteiger partial charge in [-0.15, -0.1) is 0 Å². The van der Waals surface area contributed by atoms with E-state index in [9.17, 15) is 40.5 Å². The van der Waals surface area contributed by atoms with Crippen molar-refractivity contribution in [3.05, 3.63) is 52.8 Å². The van der Waals surface area contributed by atoms with E-state index in [1.165, 1.54) is 0 Å². The molecule has 0 atom stereocenters. The fourth-order valence-corrected chi connectivity index (χ4v) is 0.578. The van der Waals surface area contributed by atoms with Crippen LogP contribution in [0.4, 0.5) is 0 Å². The Labute approximate surface area is 91.6 Å². The Bertz CT molecular complexity index is 282. The Hall–Kier alpha value is -2.70. The molecule has 0 aliphatic rings. The van der Waals surface area contributed by atoms with E-state index in [0.29, 0.717) is 0 Å². The molecule has 17 heavy (non-hydrogen) atoms. The van der Waals surface area contributed by atoms with E-state index in [0.717, 1.165) is 0 Å². The predicted molar refractivity (Wildman–Crippen MR) is 45.3 cm³/mol. The van der Waals surface area contributed by atoms with Gasteiger partial charge in [-0.3, -0.25) is 40.5 Å².